The van der Waals surface area contributed by atoms with E-state index in [4.69, 9.17) is 5.73 Å². The van der Waals surface area contributed by atoms with Crippen LogP contribution < -0.4 is 10.6 Å². The number of nitrogens with zero attached hydrogens (tertiary/aromatic N) is 3. The molecule has 0 bridgehead atoms. The summed E-state index contributed by atoms with van der Waals surface area (Å²) in [5, 5.41) is 0. The van der Waals surface area contributed by atoms with E-state index in [1.165, 1.54) is 6.07 Å². The molecule has 0 unspecified atom stereocenters. The van der Waals surface area contributed by atoms with Crippen LogP contribution in [-0.2, 0) is 6.18 Å². The number of aromatic nitrogens is 2. The van der Waals surface area contributed by atoms with Crippen LogP contribution in [0.25, 0.3) is 22.4 Å². The van der Waals surface area contributed by atoms with Gasteiger partial charge in [0.2, 0.25) is 0 Å². The number of alkyl halides is 3. The van der Waals surface area contributed by atoms with Gasteiger partial charge in [0.15, 0.2) is 0 Å². The number of imidazole rings is 1. The lowest BCUT2D eigenvalue weighted by Gasteiger charge is -2.34. The first-order valence-electron chi connectivity index (χ1n) is 8.71. The average Bonchev–Trinajstić information content (AvgIpc) is 3.04. The smallest absolute Gasteiger partial charge is 0.399 e. The summed E-state index contributed by atoms with van der Waals surface area (Å²) in [5.41, 5.74) is 7.99. The fourth-order valence-corrected chi connectivity index (χ4v) is 3.32. The van der Waals surface area contributed by atoms with E-state index in [1.54, 1.807) is 24.3 Å². The minimum Gasteiger partial charge on any atom is -0.399 e. The highest BCUT2D eigenvalue weighted by Gasteiger charge is 2.32. The second kappa shape index (κ2) is 6.45. The Labute approximate surface area is 154 Å². The van der Waals surface area contributed by atoms with Crippen molar-refractivity contribution in [2.24, 2.45) is 0 Å². The molecule has 5 nitrogen and oxygen atoms in total. The number of nitrogen functional groups attached to an aromatic ring is 1. The Morgan fingerprint density at radius 3 is 2.48 bits per heavy atom. The summed E-state index contributed by atoms with van der Waals surface area (Å²) in [4.78, 5) is 11.7. The molecule has 0 saturated carbocycles. The number of benzene rings is 2. The van der Waals surface area contributed by atoms with Gasteiger partial charge >= 0.3 is 6.18 Å². The lowest BCUT2D eigenvalue weighted by molar-refractivity contribution is -0.137. The number of nitrogens with two attached hydrogens (primary N) is 1. The number of piperazine rings is 1. The Balaban J connectivity index is 1.79. The van der Waals surface area contributed by atoms with E-state index in [0.29, 0.717) is 41.4 Å². The first-order valence-corrected chi connectivity index (χ1v) is 8.71. The van der Waals surface area contributed by atoms with Crippen molar-refractivity contribution >= 4 is 22.4 Å². The molecule has 0 aliphatic carbocycles. The third-order valence-corrected chi connectivity index (χ3v) is 4.89. The molecule has 2 heterocycles. The summed E-state index contributed by atoms with van der Waals surface area (Å²) in [6.45, 7) is 3.01. The van der Waals surface area contributed by atoms with Crippen molar-refractivity contribution in [2.45, 2.75) is 6.18 Å². The van der Waals surface area contributed by atoms with Gasteiger partial charge in [0, 0.05) is 43.1 Å². The topological polar surface area (TPSA) is 61.2 Å². The number of fused-ring (bicyclic) bond motifs is 1. The number of hydrogen-bond donors (Lipinski definition) is 2. The van der Waals surface area contributed by atoms with Crippen molar-refractivity contribution in [1.29, 1.82) is 0 Å². The minimum absolute atomic E-state index is 0.400. The molecule has 0 spiro atoms. The van der Waals surface area contributed by atoms with Gasteiger partial charge in [-0.3, -0.25) is 0 Å². The van der Waals surface area contributed by atoms with E-state index >= 15 is 0 Å². The molecule has 142 valence electrons. The maximum Gasteiger partial charge on any atom is 0.416 e. The lowest BCUT2D eigenvalue weighted by Crippen LogP contribution is -2.44. The Morgan fingerprint density at radius 2 is 1.78 bits per heavy atom. The van der Waals surface area contributed by atoms with Gasteiger partial charge in [0.1, 0.15) is 5.82 Å². The van der Waals surface area contributed by atoms with Crippen molar-refractivity contribution in [1.82, 2.24) is 14.9 Å². The fraction of sp³-hybridized carbons (Fsp3) is 0.316. The lowest BCUT2D eigenvalue weighted by atomic mass is 10.1. The predicted octanol–water partition coefficient (Wildman–Crippen LogP) is 3.58. The molecule has 1 aliphatic heterocycles. The van der Waals surface area contributed by atoms with E-state index in [-0.39, 0.29) is 0 Å². The quantitative estimate of drug-likeness (QED) is 0.672. The molecule has 1 aliphatic rings. The number of anilines is 2. The molecule has 2 aromatic carbocycles. The number of rotatable bonds is 2. The van der Waals surface area contributed by atoms with Crippen LogP contribution in [0.3, 0.4) is 0 Å². The highest BCUT2D eigenvalue weighted by molar-refractivity contribution is 5.82. The summed E-state index contributed by atoms with van der Waals surface area (Å²) in [7, 11) is 2.01. The first-order chi connectivity index (χ1) is 12.8. The van der Waals surface area contributed by atoms with E-state index in [0.717, 1.165) is 24.7 Å². The molecular formula is C19H20F3N5. The van der Waals surface area contributed by atoms with Crippen LogP contribution in [0.1, 0.15) is 5.56 Å². The minimum atomic E-state index is -4.42. The Hall–Kier alpha value is -2.74. The third-order valence-electron chi connectivity index (χ3n) is 4.89. The van der Waals surface area contributed by atoms with Crippen molar-refractivity contribution in [3.05, 3.63) is 42.0 Å². The number of hydrogen-bond acceptors (Lipinski definition) is 4. The van der Waals surface area contributed by atoms with Crippen LogP contribution in [0, 0.1) is 0 Å². The highest BCUT2D eigenvalue weighted by Crippen LogP contribution is 2.36. The molecule has 27 heavy (non-hydrogen) atoms. The maximum absolute atomic E-state index is 13.5. The molecule has 1 saturated heterocycles. The van der Waals surface area contributed by atoms with Gasteiger partial charge < -0.3 is 20.5 Å². The van der Waals surface area contributed by atoms with Crippen LogP contribution in [0.5, 0.6) is 0 Å². The molecule has 8 heteroatoms. The Morgan fingerprint density at radius 1 is 1.04 bits per heavy atom. The molecule has 3 N–H and O–H groups in total. The van der Waals surface area contributed by atoms with Gasteiger partial charge in [-0.1, -0.05) is 0 Å². The Bertz CT molecular complexity index is 971. The van der Waals surface area contributed by atoms with Crippen molar-refractivity contribution in [3.8, 4) is 11.4 Å². The van der Waals surface area contributed by atoms with Crippen LogP contribution in [0.4, 0.5) is 24.5 Å². The molecule has 4 rings (SSSR count). The Kier molecular flexibility index (Phi) is 4.22. The van der Waals surface area contributed by atoms with Gasteiger partial charge in [0.25, 0.3) is 0 Å². The average molecular weight is 375 g/mol. The predicted molar refractivity (Wildman–Crippen MR) is 101 cm³/mol. The largest absolute Gasteiger partial charge is 0.416 e. The fourth-order valence-electron chi connectivity index (χ4n) is 3.32. The molecule has 0 atom stereocenters. The monoisotopic (exact) mass is 375 g/mol. The molecule has 0 radical (unpaired) electrons. The number of nitrogens with one attached hydrogen (secondary N) is 1. The van der Waals surface area contributed by atoms with Gasteiger partial charge in [-0.15, -0.1) is 0 Å². The number of halogens is 3. The van der Waals surface area contributed by atoms with Crippen LogP contribution in [0.2, 0.25) is 0 Å². The second-order valence-electron chi connectivity index (χ2n) is 6.92. The third kappa shape index (κ3) is 3.57. The van der Waals surface area contributed by atoms with Crippen molar-refractivity contribution in [2.75, 3.05) is 43.9 Å². The standard InChI is InChI=1S/C19H20F3N5/c1-26-4-6-27(7-5-26)15-9-12(8-13(10-15)19(20,21)22)18-24-16-3-2-14(23)11-17(16)25-18/h2-3,8-11H,4-7,23H2,1H3,(H,24,25). The second-order valence-corrected chi connectivity index (χ2v) is 6.92. The zero-order valence-corrected chi connectivity index (χ0v) is 14.8. The summed E-state index contributed by atoms with van der Waals surface area (Å²) in [6, 6.07) is 9.32. The normalized spacial score (nSPS) is 16.2. The van der Waals surface area contributed by atoms with Crippen LogP contribution in [-0.4, -0.2) is 48.1 Å². The molecule has 1 aromatic heterocycles. The summed E-state index contributed by atoms with van der Waals surface area (Å²) in [5.74, 6) is 0.400. The van der Waals surface area contributed by atoms with E-state index < -0.39 is 11.7 Å². The molecule has 3 aromatic rings. The molecule has 0 amide bonds. The summed E-state index contributed by atoms with van der Waals surface area (Å²) < 4.78 is 40.4. The van der Waals surface area contributed by atoms with Crippen LogP contribution >= 0.6 is 0 Å². The SMILES string of the molecule is CN1CCN(c2cc(-c3nc4cc(N)ccc4[nH]3)cc(C(F)(F)F)c2)CC1. The van der Waals surface area contributed by atoms with Crippen molar-refractivity contribution in [3.63, 3.8) is 0 Å². The van der Waals surface area contributed by atoms with Crippen LogP contribution in [0.15, 0.2) is 36.4 Å². The number of aromatic amines is 1. The highest BCUT2D eigenvalue weighted by atomic mass is 19.4. The van der Waals surface area contributed by atoms with E-state index in [1.807, 2.05) is 11.9 Å². The zero-order valence-electron chi connectivity index (χ0n) is 14.8. The van der Waals surface area contributed by atoms with Gasteiger partial charge in [0.05, 0.1) is 16.6 Å². The summed E-state index contributed by atoms with van der Waals surface area (Å²) in [6.07, 6.45) is -4.42. The van der Waals surface area contributed by atoms with Gasteiger partial charge in [-0.2, -0.15) is 13.2 Å². The zero-order chi connectivity index (χ0) is 19.2. The molecule has 1 fully saturated rings. The van der Waals surface area contributed by atoms with E-state index in [9.17, 15) is 13.2 Å². The van der Waals surface area contributed by atoms with Gasteiger partial charge in [-0.25, -0.2) is 4.98 Å². The summed E-state index contributed by atoms with van der Waals surface area (Å²) >= 11 is 0. The van der Waals surface area contributed by atoms with Gasteiger partial charge in [-0.05, 0) is 43.4 Å². The first kappa shape index (κ1) is 17.7. The van der Waals surface area contributed by atoms with E-state index in [2.05, 4.69) is 14.9 Å². The number of likely N-dealkylation sites (N-methyl/N-ethyl adjacent to an activating group) is 1. The maximum atomic E-state index is 13.5. The van der Waals surface area contributed by atoms with Crippen molar-refractivity contribution < 1.29 is 13.2 Å². The molecular weight excluding hydrogens is 355 g/mol. The number of H-pyrrole nitrogens is 1.